The molecule has 2 saturated heterocycles. The molecule has 1 aliphatic carbocycles. The molecule has 2 amide bonds. The first-order valence-corrected chi connectivity index (χ1v) is 24.1. The van der Waals surface area contributed by atoms with Crippen LogP contribution in [-0.2, 0) is 28.5 Å². The van der Waals surface area contributed by atoms with Gasteiger partial charge >= 0.3 is 11.4 Å². The minimum absolute atomic E-state index is 0.0135. The minimum Gasteiger partial charge on any atom is -0.376 e. The second-order valence-corrected chi connectivity index (χ2v) is 20.9. The van der Waals surface area contributed by atoms with Crippen molar-refractivity contribution in [2.45, 2.75) is 102 Å². The number of imidazole rings is 1. The van der Waals surface area contributed by atoms with Gasteiger partial charge in [0.05, 0.1) is 51.4 Å². The number of nitrogens with one attached hydrogen (secondary N) is 1. The van der Waals surface area contributed by atoms with Gasteiger partial charge in [-0.3, -0.25) is 32.9 Å². The van der Waals surface area contributed by atoms with Crippen LogP contribution in [0.25, 0.3) is 39.0 Å². The monoisotopic (exact) mass is 965 g/mol. The lowest BCUT2D eigenvalue weighted by atomic mass is 9.81. The minimum atomic E-state index is -0.973. The quantitative estimate of drug-likeness (QED) is 0.157. The van der Waals surface area contributed by atoms with Crippen molar-refractivity contribution in [3.05, 3.63) is 139 Å². The summed E-state index contributed by atoms with van der Waals surface area (Å²) in [5.41, 5.74) is 2.34. The zero-order valence-electron chi connectivity index (χ0n) is 40.5. The number of benzene rings is 3. The normalized spacial score (nSPS) is 23.9. The van der Waals surface area contributed by atoms with Gasteiger partial charge in [-0.2, -0.15) is 10.2 Å². The molecule has 3 fully saturated rings. The molecule has 3 aliphatic heterocycles. The van der Waals surface area contributed by atoms with E-state index in [0.717, 1.165) is 35.7 Å². The molecule has 5 aromatic heterocycles. The summed E-state index contributed by atoms with van der Waals surface area (Å²) in [6.07, 6.45) is 8.10. The molecule has 8 heterocycles. The number of fused-ring (bicyclic) bond motifs is 3. The molecule has 0 radical (unpaired) electrons. The van der Waals surface area contributed by atoms with Crippen LogP contribution >= 0.6 is 0 Å². The van der Waals surface area contributed by atoms with Crippen molar-refractivity contribution >= 4 is 34.1 Å². The molecule has 3 aromatic carbocycles. The summed E-state index contributed by atoms with van der Waals surface area (Å²) in [6, 6.07) is 14.0. The van der Waals surface area contributed by atoms with Gasteiger partial charge in [-0.05, 0) is 131 Å². The van der Waals surface area contributed by atoms with Crippen LogP contribution in [0.15, 0.2) is 81.2 Å². The number of carbonyl (C=O) groups is 2. The van der Waals surface area contributed by atoms with Gasteiger partial charge in [-0.25, -0.2) is 23.1 Å². The Balaban J connectivity index is 1.07. The van der Waals surface area contributed by atoms with Crippen molar-refractivity contribution in [3.63, 3.8) is 0 Å². The number of rotatable bonds is 8. The summed E-state index contributed by atoms with van der Waals surface area (Å²) in [5.74, 6) is -1.29. The molecule has 12 rings (SSSR count). The number of ether oxygens (including phenoxy) is 1. The van der Waals surface area contributed by atoms with Crippen LogP contribution in [0.5, 0.6) is 0 Å². The Morgan fingerprint density at radius 2 is 1.70 bits per heavy atom. The highest BCUT2D eigenvalue weighted by Gasteiger charge is 2.60. The Bertz CT molecular complexity index is 3640. The van der Waals surface area contributed by atoms with E-state index < -0.39 is 34.4 Å². The third-order valence-electron chi connectivity index (χ3n) is 16.0. The molecule has 1 spiro atoms. The third kappa shape index (κ3) is 6.60. The first kappa shape index (κ1) is 44.8. The molecular weight excluding hydrogens is 913 g/mol. The summed E-state index contributed by atoms with van der Waals surface area (Å²) in [6.45, 7) is 12.7. The number of H-pyrrole nitrogens is 1. The summed E-state index contributed by atoms with van der Waals surface area (Å²) >= 11 is 0. The van der Waals surface area contributed by atoms with Crippen LogP contribution in [0, 0.1) is 31.4 Å². The van der Waals surface area contributed by atoms with Crippen LogP contribution in [0.2, 0.25) is 0 Å². The topological polar surface area (TPSA) is 176 Å². The fourth-order valence-corrected chi connectivity index (χ4v) is 12.5. The maximum Gasteiger partial charge on any atom is 0.438 e. The third-order valence-corrected chi connectivity index (χ3v) is 16.0. The number of aromatic amines is 1. The van der Waals surface area contributed by atoms with Crippen molar-refractivity contribution in [1.29, 1.82) is 0 Å². The molecule has 1 unspecified atom stereocenters. The van der Waals surface area contributed by atoms with Crippen molar-refractivity contribution in [2.24, 2.45) is 13.0 Å². The summed E-state index contributed by atoms with van der Waals surface area (Å²) in [5, 5.41) is 14.7. The van der Waals surface area contributed by atoms with Gasteiger partial charge in [0, 0.05) is 62.0 Å². The van der Waals surface area contributed by atoms with Crippen LogP contribution < -0.4 is 11.4 Å². The van der Waals surface area contributed by atoms with Crippen LogP contribution in [0.3, 0.4) is 0 Å². The number of likely N-dealkylation sites (tertiary alicyclic amines) is 1. The molecule has 0 bridgehead atoms. The maximum atomic E-state index is 16.4. The van der Waals surface area contributed by atoms with Gasteiger partial charge in [0.15, 0.2) is 11.6 Å². The van der Waals surface area contributed by atoms with Crippen molar-refractivity contribution in [2.75, 3.05) is 19.7 Å². The molecule has 1 saturated carbocycles. The van der Waals surface area contributed by atoms with Crippen LogP contribution in [-0.4, -0.2) is 96.4 Å². The molecule has 1 N–H and O–H groups in total. The highest BCUT2D eigenvalue weighted by molar-refractivity contribution is 6.00. The van der Waals surface area contributed by atoms with E-state index in [1.165, 1.54) is 27.6 Å². The predicted molar refractivity (Wildman–Crippen MR) is 257 cm³/mol. The van der Waals surface area contributed by atoms with Crippen molar-refractivity contribution < 1.29 is 27.6 Å². The second-order valence-electron chi connectivity index (χ2n) is 20.9. The van der Waals surface area contributed by atoms with E-state index in [2.05, 4.69) is 41.2 Å². The standard InChI is InChI=1S/C52H53F2N11O6/c1-28-18-35(19-29(2)43(28)53)65-45(62-16-15-61(49(62)69)40-11-10-39-36(44(40)54)25-55-59(39)7)42-31(4)63(51(24-37(42)57-65)13-14-60(26-51)27-66)46(67)41-21-34-20-32(33-12-17-70-50(5,6)23-33)8-9-38(34)64(41)52(22-30(52)3)47-56-48(68)71-58-47/h8-11,15-16,18-21,25,27,30-31,33H,12-14,17,22-24,26H2,1-7H3,(H,56,58,68)/t30-,31-,33-,51?,52-/m0/s1. The van der Waals surface area contributed by atoms with Gasteiger partial charge in [-0.1, -0.05) is 18.1 Å². The van der Waals surface area contributed by atoms with E-state index in [9.17, 15) is 14.4 Å². The van der Waals surface area contributed by atoms with Crippen molar-refractivity contribution in [1.82, 2.24) is 53.2 Å². The summed E-state index contributed by atoms with van der Waals surface area (Å²) < 4.78 is 50.7. The molecule has 8 aromatic rings. The molecule has 4 aliphatic rings. The first-order chi connectivity index (χ1) is 33.9. The van der Waals surface area contributed by atoms with Crippen molar-refractivity contribution in [3.8, 4) is 17.2 Å². The van der Waals surface area contributed by atoms with Gasteiger partial charge in [-0.15, -0.1) is 0 Å². The van der Waals surface area contributed by atoms with Crippen LogP contribution in [0.4, 0.5) is 8.78 Å². The predicted octanol–water partition coefficient (Wildman–Crippen LogP) is 7.04. The van der Waals surface area contributed by atoms with Crippen LogP contribution in [0.1, 0.15) is 110 Å². The van der Waals surface area contributed by atoms with E-state index in [0.29, 0.717) is 76.9 Å². The number of amides is 2. The Kier molecular flexibility index (Phi) is 9.80. The zero-order valence-corrected chi connectivity index (χ0v) is 40.5. The lowest BCUT2D eigenvalue weighted by molar-refractivity contribution is -0.117. The fraction of sp³-hybridized carbons (Fsp3) is 0.404. The molecule has 5 atom stereocenters. The fourth-order valence-electron chi connectivity index (χ4n) is 12.5. The first-order valence-electron chi connectivity index (χ1n) is 24.1. The Labute approximate surface area is 405 Å². The van der Waals surface area contributed by atoms with E-state index in [1.54, 1.807) is 59.6 Å². The molecular formula is C52H53F2N11O6. The lowest BCUT2D eigenvalue weighted by Gasteiger charge is -2.48. The number of aryl methyl sites for hydroxylation is 3. The van der Waals surface area contributed by atoms with E-state index in [-0.39, 0.29) is 53.2 Å². The van der Waals surface area contributed by atoms with Gasteiger partial charge in [0.25, 0.3) is 5.91 Å². The number of nitrogens with zero attached hydrogens (tertiary/aromatic N) is 10. The molecule has 366 valence electrons. The zero-order chi connectivity index (χ0) is 49.6. The lowest BCUT2D eigenvalue weighted by Crippen LogP contribution is -2.58. The average molecular weight is 966 g/mol. The van der Waals surface area contributed by atoms with Gasteiger partial charge < -0.3 is 19.1 Å². The van der Waals surface area contributed by atoms with Gasteiger partial charge in [0.2, 0.25) is 6.41 Å². The average Bonchev–Trinajstić information content (AvgIpc) is 4.07. The number of hydrogen-bond acceptors (Lipinski definition) is 9. The summed E-state index contributed by atoms with van der Waals surface area (Å²) in [4.78, 5) is 62.9. The van der Waals surface area contributed by atoms with E-state index in [1.807, 2.05) is 35.4 Å². The van der Waals surface area contributed by atoms with E-state index >= 15 is 13.6 Å². The van der Waals surface area contributed by atoms with E-state index in [4.69, 9.17) is 14.4 Å². The summed E-state index contributed by atoms with van der Waals surface area (Å²) in [7, 11) is 1.71. The largest absolute Gasteiger partial charge is 0.438 e. The smallest absolute Gasteiger partial charge is 0.376 e. The molecule has 19 heteroatoms. The number of halogens is 2. The Morgan fingerprint density at radius 3 is 2.39 bits per heavy atom. The molecule has 17 nitrogen and oxygen atoms in total. The highest BCUT2D eigenvalue weighted by Crippen LogP contribution is 2.57. The second kappa shape index (κ2) is 15.5. The number of hydrogen-bond donors (Lipinski definition) is 1. The highest BCUT2D eigenvalue weighted by atomic mass is 19.1. The SMILES string of the molecule is Cc1cc(-n2nc3c(c2-n2ccn(-c4ccc5c(cnn5C)c4F)c2=O)[C@H](C)N(C(=O)c2cc4cc([C@H]5CCOC(C)(C)C5)ccc4n2[C@@]2(c4noc(=O)[nH]4)C[C@@H]2C)C2(CCN(C=O)C2)C3)cc(C)c1F. The van der Waals surface area contributed by atoms with Gasteiger partial charge in [0.1, 0.15) is 22.9 Å². The maximum absolute atomic E-state index is 16.4. The Morgan fingerprint density at radius 1 is 0.958 bits per heavy atom. The molecule has 71 heavy (non-hydrogen) atoms. The number of aromatic nitrogens is 9. The number of carbonyl (C=O) groups excluding carboxylic acids is 2. The Hall–Kier alpha value is -7.41.